The number of methoxy groups -OCH3 is 1. The number of piperazine rings is 1. The van der Waals surface area contributed by atoms with E-state index in [9.17, 15) is 4.79 Å². The second kappa shape index (κ2) is 12.2. The fraction of sp³-hybridized carbons (Fsp3) is 0.458. The summed E-state index contributed by atoms with van der Waals surface area (Å²) in [5.74, 6) is 0.637. The van der Waals surface area contributed by atoms with E-state index >= 15 is 0 Å². The maximum Gasteiger partial charge on any atom is 0.251 e. The average molecular weight is 412 g/mol. The minimum absolute atomic E-state index is 0.0522. The molecule has 3 rings (SSSR count). The molecule has 0 radical (unpaired) electrons. The Morgan fingerprint density at radius 3 is 2.53 bits per heavy atom. The topological polar surface area (TPSA) is 54.0 Å². The largest absolute Gasteiger partial charge is 0.491 e. The van der Waals surface area contributed by atoms with Crippen molar-refractivity contribution in [3.05, 3.63) is 60.2 Å². The molecule has 0 aromatic heterocycles. The number of hydrogen-bond acceptors (Lipinski definition) is 5. The molecule has 1 amide bonds. The number of amides is 1. The first-order chi connectivity index (χ1) is 14.8. The van der Waals surface area contributed by atoms with Gasteiger partial charge < -0.3 is 19.7 Å². The summed E-state index contributed by atoms with van der Waals surface area (Å²) in [5.41, 5.74) is 1.94. The Balaban J connectivity index is 1.29. The van der Waals surface area contributed by atoms with E-state index in [0.717, 1.165) is 45.6 Å². The number of benzene rings is 2. The van der Waals surface area contributed by atoms with Crippen LogP contribution in [0.5, 0.6) is 5.75 Å². The Bertz CT molecular complexity index is 761. The van der Waals surface area contributed by atoms with Crippen molar-refractivity contribution in [2.45, 2.75) is 12.8 Å². The Morgan fingerprint density at radius 1 is 0.967 bits per heavy atom. The van der Waals surface area contributed by atoms with Crippen LogP contribution in [0.4, 0.5) is 5.69 Å². The Hall–Kier alpha value is -2.57. The van der Waals surface area contributed by atoms with E-state index in [0.29, 0.717) is 31.1 Å². The highest BCUT2D eigenvalue weighted by atomic mass is 16.5. The van der Waals surface area contributed by atoms with Gasteiger partial charge in [0.15, 0.2) is 0 Å². The molecule has 0 spiro atoms. The molecule has 0 unspecified atom stereocenters. The van der Waals surface area contributed by atoms with Crippen LogP contribution in [-0.4, -0.2) is 70.4 Å². The van der Waals surface area contributed by atoms with Crippen molar-refractivity contribution in [1.29, 1.82) is 0 Å². The maximum atomic E-state index is 12.4. The van der Waals surface area contributed by atoms with Crippen LogP contribution in [0.2, 0.25) is 0 Å². The number of rotatable bonds is 11. The maximum absolute atomic E-state index is 12.4. The van der Waals surface area contributed by atoms with E-state index in [1.807, 2.05) is 18.2 Å². The summed E-state index contributed by atoms with van der Waals surface area (Å²) in [6.07, 6.45) is 2.07. The normalized spacial score (nSPS) is 14.5. The summed E-state index contributed by atoms with van der Waals surface area (Å²) in [6, 6.07) is 17.9. The van der Waals surface area contributed by atoms with Gasteiger partial charge in [0.05, 0.1) is 6.61 Å². The van der Waals surface area contributed by atoms with Gasteiger partial charge >= 0.3 is 0 Å². The predicted octanol–water partition coefficient (Wildman–Crippen LogP) is 3.04. The minimum Gasteiger partial charge on any atom is -0.491 e. The molecule has 30 heavy (non-hydrogen) atoms. The number of nitrogens with one attached hydrogen (secondary N) is 1. The lowest BCUT2D eigenvalue weighted by Crippen LogP contribution is -2.46. The standard InChI is InChI=1S/C24H33N3O3/c1-29-18-19-30-23-11-7-8-21(20-23)24(28)25-12-5-6-13-26-14-16-27(17-15-26)22-9-3-2-4-10-22/h2-4,7-11,20H,5-6,12-19H2,1H3,(H,25,28). The van der Waals surface area contributed by atoms with Gasteiger partial charge in [-0.1, -0.05) is 24.3 Å². The van der Waals surface area contributed by atoms with Crippen LogP contribution in [0.3, 0.4) is 0 Å². The van der Waals surface area contributed by atoms with Crippen molar-refractivity contribution in [3.8, 4) is 5.75 Å². The molecule has 6 heteroatoms. The number of carbonyl (C=O) groups excluding carboxylic acids is 1. The van der Waals surface area contributed by atoms with Crippen LogP contribution in [-0.2, 0) is 4.74 Å². The number of para-hydroxylation sites is 1. The first-order valence-electron chi connectivity index (χ1n) is 10.8. The van der Waals surface area contributed by atoms with Gasteiger partial charge in [-0.15, -0.1) is 0 Å². The Kier molecular flexibility index (Phi) is 9.00. The van der Waals surface area contributed by atoms with Gasteiger partial charge in [0, 0.05) is 51.1 Å². The Morgan fingerprint density at radius 2 is 1.77 bits per heavy atom. The highest BCUT2D eigenvalue weighted by Gasteiger charge is 2.16. The number of carbonyl (C=O) groups is 1. The van der Waals surface area contributed by atoms with Crippen molar-refractivity contribution < 1.29 is 14.3 Å². The number of hydrogen-bond donors (Lipinski definition) is 1. The lowest BCUT2D eigenvalue weighted by molar-refractivity contribution is 0.0951. The molecule has 0 aliphatic carbocycles. The fourth-order valence-corrected chi connectivity index (χ4v) is 3.60. The van der Waals surface area contributed by atoms with Gasteiger partial charge in [-0.3, -0.25) is 9.69 Å². The molecule has 1 aliphatic heterocycles. The lowest BCUT2D eigenvalue weighted by Gasteiger charge is -2.36. The van der Waals surface area contributed by atoms with Crippen molar-refractivity contribution in [3.63, 3.8) is 0 Å². The van der Waals surface area contributed by atoms with Crippen LogP contribution in [0.25, 0.3) is 0 Å². The van der Waals surface area contributed by atoms with Gasteiger partial charge in [-0.2, -0.15) is 0 Å². The van der Waals surface area contributed by atoms with E-state index in [1.54, 1.807) is 13.2 Å². The highest BCUT2D eigenvalue weighted by molar-refractivity contribution is 5.94. The van der Waals surface area contributed by atoms with E-state index < -0.39 is 0 Å². The number of unbranched alkanes of at least 4 members (excludes halogenated alkanes) is 1. The highest BCUT2D eigenvalue weighted by Crippen LogP contribution is 2.16. The van der Waals surface area contributed by atoms with Crippen molar-refractivity contribution in [2.24, 2.45) is 0 Å². The molecule has 1 aliphatic rings. The SMILES string of the molecule is COCCOc1cccc(C(=O)NCCCCN2CCN(c3ccccc3)CC2)c1. The third-order valence-corrected chi connectivity index (χ3v) is 5.33. The van der Waals surface area contributed by atoms with E-state index in [4.69, 9.17) is 9.47 Å². The zero-order valence-corrected chi connectivity index (χ0v) is 17.9. The molecule has 0 atom stereocenters. The van der Waals surface area contributed by atoms with Crippen LogP contribution >= 0.6 is 0 Å². The zero-order chi connectivity index (χ0) is 21.0. The molecule has 162 valence electrons. The second-order valence-electron chi connectivity index (χ2n) is 7.50. The van der Waals surface area contributed by atoms with E-state index in [-0.39, 0.29) is 5.91 Å². The summed E-state index contributed by atoms with van der Waals surface area (Å²) in [6.45, 7) is 7.11. The molecule has 1 N–H and O–H groups in total. The molecule has 1 saturated heterocycles. The van der Waals surface area contributed by atoms with Gasteiger partial charge in [0.25, 0.3) is 5.91 Å². The quantitative estimate of drug-likeness (QED) is 0.576. The molecule has 0 bridgehead atoms. The predicted molar refractivity (Wildman–Crippen MR) is 120 cm³/mol. The molecule has 6 nitrogen and oxygen atoms in total. The first kappa shape index (κ1) is 22.1. The van der Waals surface area contributed by atoms with Crippen LogP contribution in [0.15, 0.2) is 54.6 Å². The van der Waals surface area contributed by atoms with Crippen LogP contribution in [0, 0.1) is 0 Å². The number of anilines is 1. The average Bonchev–Trinajstić information content (AvgIpc) is 2.80. The van der Waals surface area contributed by atoms with Crippen molar-refractivity contribution in [2.75, 3.05) is 64.5 Å². The molecule has 2 aromatic rings. The molecule has 1 fully saturated rings. The van der Waals surface area contributed by atoms with Gasteiger partial charge in [-0.05, 0) is 49.7 Å². The van der Waals surface area contributed by atoms with Crippen LogP contribution < -0.4 is 15.0 Å². The molecule has 2 aromatic carbocycles. The molecule has 1 heterocycles. The van der Waals surface area contributed by atoms with Crippen molar-refractivity contribution >= 4 is 11.6 Å². The van der Waals surface area contributed by atoms with E-state index in [1.165, 1.54) is 5.69 Å². The third kappa shape index (κ3) is 7.04. The lowest BCUT2D eigenvalue weighted by atomic mass is 10.2. The third-order valence-electron chi connectivity index (χ3n) is 5.33. The summed E-state index contributed by atoms with van der Waals surface area (Å²) in [4.78, 5) is 17.3. The molecule has 0 saturated carbocycles. The fourth-order valence-electron chi connectivity index (χ4n) is 3.60. The van der Waals surface area contributed by atoms with Gasteiger partial charge in [0.2, 0.25) is 0 Å². The molecular weight excluding hydrogens is 378 g/mol. The smallest absolute Gasteiger partial charge is 0.251 e. The minimum atomic E-state index is -0.0522. The van der Waals surface area contributed by atoms with Crippen molar-refractivity contribution in [1.82, 2.24) is 10.2 Å². The summed E-state index contributed by atoms with van der Waals surface area (Å²) in [7, 11) is 1.64. The zero-order valence-electron chi connectivity index (χ0n) is 17.9. The Labute approximate surface area is 179 Å². The first-order valence-corrected chi connectivity index (χ1v) is 10.8. The number of ether oxygens (including phenoxy) is 2. The number of nitrogens with zero attached hydrogens (tertiary/aromatic N) is 2. The summed E-state index contributed by atoms with van der Waals surface area (Å²) in [5, 5.41) is 3.01. The van der Waals surface area contributed by atoms with Gasteiger partial charge in [0.1, 0.15) is 12.4 Å². The monoisotopic (exact) mass is 411 g/mol. The van der Waals surface area contributed by atoms with E-state index in [2.05, 4.69) is 45.4 Å². The summed E-state index contributed by atoms with van der Waals surface area (Å²) < 4.78 is 10.5. The molecular formula is C24H33N3O3. The van der Waals surface area contributed by atoms with Gasteiger partial charge in [-0.25, -0.2) is 0 Å². The second-order valence-corrected chi connectivity index (χ2v) is 7.50. The summed E-state index contributed by atoms with van der Waals surface area (Å²) >= 11 is 0. The van der Waals surface area contributed by atoms with Crippen LogP contribution in [0.1, 0.15) is 23.2 Å².